The third-order valence-corrected chi connectivity index (χ3v) is 3.95. The smallest absolute Gasteiger partial charge is 0.317 e. The van der Waals surface area contributed by atoms with Crippen molar-refractivity contribution in [2.75, 3.05) is 26.2 Å². The van der Waals surface area contributed by atoms with E-state index in [1.807, 2.05) is 39.9 Å². The van der Waals surface area contributed by atoms with Crippen LogP contribution in [0.15, 0.2) is 30.6 Å². The maximum atomic E-state index is 12.2. The first kappa shape index (κ1) is 14.8. The van der Waals surface area contributed by atoms with Crippen LogP contribution >= 0.6 is 0 Å². The molecular formula is C16H22N4O2. The number of hydrogen-bond acceptors (Lipinski definition) is 3. The van der Waals surface area contributed by atoms with E-state index in [4.69, 9.17) is 4.74 Å². The van der Waals surface area contributed by atoms with Crippen LogP contribution in [-0.2, 0) is 11.2 Å². The van der Waals surface area contributed by atoms with E-state index in [2.05, 4.69) is 17.2 Å². The number of ether oxygens (including phenoxy) is 1. The van der Waals surface area contributed by atoms with Crippen LogP contribution in [0.2, 0.25) is 0 Å². The van der Waals surface area contributed by atoms with Crippen LogP contribution < -0.4 is 5.32 Å². The van der Waals surface area contributed by atoms with Crippen LogP contribution in [0.4, 0.5) is 4.79 Å². The Morgan fingerprint density at radius 1 is 1.50 bits per heavy atom. The van der Waals surface area contributed by atoms with E-state index < -0.39 is 0 Å². The summed E-state index contributed by atoms with van der Waals surface area (Å²) in [5.74, 6) is 0. The van der Waals surface area contributed by atoms with Gasteiger partial charge in [-0.2, -0.15) is 0 Å². The molecule has 1 saturated heterocycles. The highest BCUT2D eigenvalue weighted by atomic mass is 16.5. The van der Waals surface area contributed by atoms with Gasteiger partial charge in [0.15, 0.2) is 0 Å². The number of urea groups is 1. The van der Waals surface area contributed by atoms with Crippen LogP contribution in [0.5, 0.6) is 0 Å². The molecule has 1 atom stereocenters. The van der Waals surface area contributed by atoms with Gasteiger partial charge in [-0.15, -0.1) is 0 Å². The van der Waals surface area contributed by atoms with Crippen LogP contribution in [0.3, 0.4) is 0 Å². The van der Waals surface area contributed by atoms with E-state index in [0.29, 0.717) is 26.2 Å². The van der Waals surface area contributed by atoms with Crippen LogP contribution in [0.1, 0.15) is 19.0 Å². The molecule has 2 aromatic rings. The first-order valence-corrected chi connectivity index (χ1v) is 7.83. The van der Waals surface area contributed by atoms with Gasteiger partial charge in [0.05, 0.1) is 18.4 Å². The third kappa shape index (κ3) is 3.39. The molecule has 1 N–H and O–H groups in total. The molecule has 1 fully saturated rings. The van der Waals surface area contributed by atoms with Crippen molar-refractivity contribution in [3.63, 3.8) is 0 Å². The molecule has 0 saturated carbocycles. The fraction of sp³-hybridized carbons (Fsp3) is 0.500. The Bertz CT molecular complexity index is 607. The molecule has 1 aliphatic rings. The van der Waals surface area contributed by atoms with Gasteiger partial charge in [0.1, 0.15) is 5.65 Å². The number of imidazole rings is 1. The molecule has 1 aliphatic heterocycles. The first-order valence-electron chi connectivity index (χ1n) is 7.83. The molecule has 2 aromatic heterocycles. The van der Waals surface area contributed by atoms with Crippen molar-refractivity contribution < 1.29 is 9.53 Å². The number of amides is 2. The highest BCUT2D eigenvalue weighted by Gasteiger charge is 2.22. The van der Waals surface area contributed by atoms with Crippen molar-refractivity contribution in [3.05, 3.63) is 36.3 Å². The molecule has 3 heterocycles. The molecular weight excluding hydrogens is 280 g/mol. The van der Waals surface area contributed by atoms with Gasteiger partial charge in [-0.1, -0.05) is 13.0 Å². The number of nitrogens with one attached hydrogen (secondary N) is 1. The van der Waals surface area contributed by atoms with Gasteiger partial charge in [-0.3, -0.25) is 0 Å². The monoisotopic (exact) mass is 302 g/mol. The zero-order chi connectivity index (χ0) is 15.4. The van der Waals surface area contributed by atoms with Gasteiger partial charge in [0, 0.05) is 38.4 Å². The summed E-state index contributed by atoms with van der Waals surface area (Å²) in [6.07, 6.45) is 5.81. The largest absolute Gasteiger partial charge is 0.375 e. The topological polar surface area (TPSA) is 58.9 Å². The lowest BCUT2D eigenvalue weighted by molar-refractivity contribution is -0.0153. The zero-order valence-electron chi connectivity index (χ0n) is 12.9. The SMILES string of the molecule is CCC1CN(C(=O)NCCc2cn3ccccc3n2)CCO1. The number of carbonyl (C=O) groups is 1. The average Bonchev–Trinajstić information content (AvgIpc) is 2.97. The number of nitrogens with zero attached hydrogens (tertiary/aromatic N) is 3. The normalized spacial score (nSPS) is 18.6. The Labute approximate surface area is 130 Å². The summed E-state index contributed by atoms with van der Waals surface area (Å²) in [5.41, 5.74) is 1.92. The first-order chi connectivity index (χ1) is 10.8. The Balaban J connectivity index is 1.49. The Morgan fingerprint density at radius 3 is 3.23 bits per heavy atom. The highest BCUT2D eigenvalue weighted by molar-refractivity contribution is 5.74. The number of hydrogen-bond donors (Lipinski definition) is 1. The molecule has 3 rings (SSSR count). The summed E-state index contributed by atoms with van der Waals surface area (Å²) >= 11 is 0. The second-order valence-corrected chi connectivity index (χ2v) is 5.53. The van der Waals surface area contributed by atoms with E-state index in [1.165, 1.54) is 0 Å². The van der Waals surface area contributed by atoms with Crippen molar-refractivity contribution in [1.82, 2.24) is 19.6 Å². The van der Waals surface area contributed by atoms with Crippen LogP contribution in [-0.4, -0.2) is 52.7 Å². The molecule has 22 heavy (non-hydrogen) atoms. The summed E-state index contributed by atoms with van der Waals surface area (Å²) in [4.78, 5) is 18.5. The molecule has 0 aromatic carbocycles. The van der Waals surface area contributed by atoms with Gasteiger partial charge in [-0.05, 0) is 18.6 Å². The summed E-state index contributed by atoms with van der Waals surface area (Å²) < 4.78 is 7.57. The van der Waals surface area contributed by atoms with E-state index in [0.717, 1.165) is 24.2 Å². The van der Waals surface area contributed by atoms with E-state index in [1.54, 1.807) is 0 Å². The minimum Gasteiger partial charge on any atom is -0.375 e. The lowest BCUT2D eigenvalue weighted by atomic mass is 10.2. The maximum absolute atomic E-state index is 12.2. The standard InChI is InChI=1S/C16H22N4O2/c1-2-14-12-20(9-10-22-14)16(21)17-7-6-13-11-19-8-4-3-5-15(19)18-13/h3-5,8,11,14H,2,6-7,9-10,12H2,1H3,(H,17,21). The fourth-order valence-corrected chi connectivity index (χ4v) is 2.67. The average molecular weight is 302 g/mol. The second kappa shape index (κ2) is 6.79. The second-order valence-electron chi connectivity index (χ2n) is 5.53. The summed E-state index contributed by atoms with van der Waals surface area (Å²) in [5, 5.41) is 2.97. The molecule has 6 heteroatoms. The predicted molar refractivity (Wildman–Crippen MR) is 83.9 cm³/mol. The summed E-state index contributed by atoms with van der Waals surface area (Å²) in [6.45, 7) is 4.64. The fourth-order valence-electron chi connectivity index (χ4n) is 2.67. The van der Waals surface area contributed by atoms with Crippen molar-refractivity contribution in [2.45, 2.75) is 25.9 Å². The predicted octanol–water partition coefficient (Wildman–Crippen LogP) is 1.70. The van der Waals surface area contributed by atoms with Crippen LogP contribution in [0.25, 0.3) is 5.65 Å². The highest BCUT2D eigenvalue weighted by Crippen LogP contribution is 2.08. The van der Waals surface area contributed by atoms with Gasteiger partial charge in [0.2, 0.25) is 0 Å². The Morgan fingerprint density at radius 2 is 2.41 bits per heavy atom. The molecule has 0 radical (unpaired) electrons. The van der Waals surface area contributed by atoms with Gasteiger partial charge < -0.3 is 19.4 Å². The van der Waals surface area contributed by atoms with Crippen molar-refractivity contribution in [1.29, 1.82) is 0 Å². The Kier molecular flexibility index (Phi) is 4.58. The van der Waals surface area contributed by atoms with Crippen molar-refractivity contribution in [2.24, 2.45) is 0 Å². The molecule has 1 unspecified atom stereocenters. The van der Waals surface area contributed by atoms with Crippen molar-refractivity contribution >= 4 is 11.7 Å². The van der Waals surface area contributed by atoms with Crippen molar-refractivity contribution in [3.8, 4) is 0 Å². The molecule has 118 valence electrons. The molecule has 2 amide bonds. The van der Waals surface area contributed by atoms with E-state index >= 15 is 0 Å². The number of pyridine rings is 1. The Hall–Kier alpha value is -2.08. The van der Waals surface area contributed by atoms with Gasteiger partial charge in [0.25, 0.3) is 0 Å². The number of fused-ring (bicyclic) bond motifs is 1. The quantitative estimate of drug-likeness (QED) is 0.935. The third-order valence-electron chi connectivity index (χ3n) is 3.95. The number of morpholine rings is 1. The minimum absolute atomic E-state index is 0.00878. The molecule has 0 spiro atoms. The summed E-state index contributed by atoms with van der Waals surface area (Å²) in [6, 6.07) is 5.91. The lowest BCUT2D eigenvalue weighted by Gasteiger charge is -2.32. The zero-order valence-corrected chi connectivity index (χ0v) is 12.9. The molecule has 0 aliphatic carbocycles. The number of rotatable bonds is 4. The van der Waals surface area contributed by atoms with E-state index in [9.17, 15) is 4.79 Å². The lowest BCUT2D eigenvalue weighted by Crippen LogP contribution is -2.49. The van der Waals surface area contributed by atoms with Gasteiger partial charge in [-0.25, -0.2) is 9.78 Å². The molecule has 6 nitrogen and oxygen atoms in total. The minimum atomic E-state index is -0.00878. The van der Waals surface area contributed by atoms with E-state index in [-0.39, 0.29) is 12.1 Å². The van der Waals surface area contributed by atoms with Gasteiger partial charge >= 0.3 is 6.03 Å². The maximum Gasteiger partial charge on any atom is 0.317 e. The number of carbonyl (C=O) groups excluding carboxylic acids is 1. The number of aromatic nitrogens is 2. The molecule has 0 bridgehead atoms. The van der Waals surface area contributed by atoms with Crippen LogP contribution in [0, 0.1) is 0 Å². The summed E-state index contributed by atoms with van der Waals surface area (Å²) in [7, 11) is 0.